The molecule has 0 aliphatic heterocycles. The molecule has 0 saturated carbocycles. The van der Waals surface area contributed by atoms with Gasteiger partial charge in [-0.3, -0.25) is 0 Å². The highest BCUT2D eigenvalue weighted by Crippen LogP contribution is 2.21. The summed E-state index contributed by atoms with van der Waals surface area (Å²) in [7, 11) is 0. The van der Waals surface area contributed by atoms with E-state index in [2.05, 4.69) is 13.8 Å². The summed E-state index contributed by atoms with van der Waals surface area (Å²) in [4.78, 5) is 0. The Morgan fingerprint density at radius 1 is 1.38 bits per heavy atom. The zero-order valence-corrected chi connectivity index (χ0v) is 8.38. The van der Waals surface area contributed by atoms with Gasteiger partial charge in [-0.15, -0.1) is 0 Å². The second kappa shape index (κ2) is 4.28. The number of nitrogen functional groups attached to an aromatic ring is 1. The van der Waals surface area contributed by atoms with Gasteiger partial charge in [-0.05, 0) is 36.6 Å². The van der Waals surface area contributed by atoms with E-state index in [-0.39, 0.29) is 6.04 Å². The fourth-order valence-electron chi connectivity index (χ4n) is 1.52. The number of nitrogens with two attached hydrogens (primary N) is 2. The lowest BCUT2D eigenvalue weighted by molar-refractivity contribution is 0.635. The highest BCUT2D eigenvalue weighted by atomic mass is 14.6. The highest BCUT2D eigenvalue weighted by molar-refractivity contribution is 5.45. The summed E-state index contributed by atoms with van der Waals surface area (Å²) in [6.07, 6.45) is 2.12. The van der Waals surface area contributed by atoms with Crippen molar-refractivity contribution in [2.24, 2.45) is 5.73 Å². The Morgan fingerprint density at radius 2 is 2.08 bits per heavy atom. The van der Waals surface area contributed by atoms with Crippen LogP contribution in [-0.2, 0) is 0 Å². The predicted molar refractivity (Wildman–Crippen MR) is 57.4 cm³/mol. The number of hydrogen-bond acceptors (Lipinski definition) is 2. The number of benzene rings is 1. The first-order valence-electron chi connectivity index (χ1n) is 4.76. The predicted octanol–water partition coefficient (Wildman–Crippen LogP) is 2.38. The summed E-state index contributed by atoms with van der Waals surface area (Å²) in [6.45, 7) is 4.21. The molecule has 72 valence electrons. The molecule has 0 heterocycles. The third-order valence-corrected chi connectivity index (χ3v) is 2.30. The molecule has 13 heavy (non-hydrogen) atoms. The van der Waals surface area contributed by atoms with Gasteiger partial charge in [-0.25, -0.2) is 0 Å². The van der Waals surface area contributed by atoms with Gasteiger partial charge in [0.2, 0.25) is 0 Å². The van der Waals surface area contributed by atoms with Gasteiger partial charge >= 0.3 is 0 Å². The smallest absolute Gasteiger partial charge is 0.0317 e. The van der Waals surface area contributed by atoms with Crippen LogP contribution >= 0.6 is 0 Å². The highest BCUT2D eigenvalue weighted by Gasteiger charge is 2.07. The maximum absolute atomic E-state index is 6.02. The summed E-state index contributed by atoms with van der Waals surface area (Å²) >= 11 is 0. The molecule has 0 saturated heterocycles. The van der Waals surface area contributed by atoms with Gasteiger partial charge in [-0.1, -0.05) is 19.4 Å². The lowest BCUT2D eigenvalue weighted by Gasteiger charge is -2.14. The van der Waals surface area contributed by atoms with Crippen LogP contribution in [0.4, 0.5) is 5.69 Å². The molecule has 0 radical (unpaired) electrons. The molecule has 0 bridgehead atoms. The van der Waals surface area contributed by atoms with Crippen molar-refractivity contribution in [2.75, 3.05) is 5.73 Å². The molecule has 1 aromatic rings. The number of hydrogen-bond donors (Lipinski definition) is 2. The Hall–Kier alpha value is -1.02. The van der Waals surface area contributed by atoms with Gasteiger partial charge in [0.25, 0.3) is 0 Å². The first-order chi connectivity index (χ1) is 6.15. The lowest BCUT2D eigenvalue weighted by atomic mass is 9.98. The largest absolute Gasteiger partial charge is 0.399 e. The van der Waals surface area contributed by atoms with E-state index in [1.165, 1.54) is 11.1 Å². The fourth-order valence-corrected chi connectivity index (χ4v) is 1.52. The quantitative estimate of drug-likeness (QED) is 0.698. The minimum absolute atomic E-state index is 0.133. The van der Waals surface area contributed by atoms with Crippen LogP contribution in [0.2, 0.25) is 0 Å². The average Bonchev–Trinajstić information content (AvgIpc) is 2.09. The molecule has 1 rings (SSSR count). The third-order valence-electron chi connectivity index (χ3n) is 2.30. The summed E-state index contributed by atoms with van der Waals surface area (Å²) < 4.78 is 0. The van der Waals surface area contributed by atoms with Gasteiger partial charge in [0, 0.05) is 11.7 Å². The van der Waals surface area contributed by atoms with E-state index in [1.54, 1.807) is 0 Å². The Kier molecular flexibility index (Phi) is 3.32. The zero-order valence-electron chi connectivity index (χ0n) is 8.38. The standard InChI is InChI=1S/C11H18N2/c1-3-4-11(13)10-7-9(12)6-5-8(10)2/h5-7,11H,3-4,12-13H2,1-2H3. The molecule has 0 fully saturated rings. The van der Waals surface area contributed by atoms with Crippen LogP contribution < -0.4 is 11.5 Å². The molecular formula is C11H18N2. The van der Waals surface area contributed by atoms with E-state index < -0.39 is 0 Å². The van der Waals surface area contributed by atoms with E-state index in [9.17, 15) is 0 Å². The SMILES string of the molecule is CCCC(N)c1cc(N)ccc1C. The maximum Gasteiger partial charge on any atom is 0.0317 e. The molecule has 0 amide bonds. The zero-order chi connectivity index (χ0) is 9.84. The molecule has 2 heteroatoms. The first-order valence-corrected chi connectivity index (χ1v) is 4.76. The van der Waals surface area contributed by atoms with E-state index in [4.69, 9.17) is 11.5 Å². The Balaban J connectivity index is 2.91. The van der Waals surface area contributed by atoms with Crippen molar-refractivity contribution in [1.29, 1.82) is 0 Å². The molecule has 2 nitrogen and oxygen atoms in total. The number of anilines is 1. The molecule has 0 aromatic heterocycles. The molecular weight excluding hydrogens is 160 g/mol. The van der Waals surface area contributed by atoms with Gasteiger partial charge in [0.15, 0.2) is 0 Å². The Labute approximate surface area is 79.9 Å². The normalized spacial score (nSPS) is 12.8. The van der Waals surface area contributed by atoms with E-state index in [1.807, 2.05) is 18.2 Å². The van der Waals surface area contributed by atoms with Crippen LogP contribution in [0, 0.1) is 6.92 Å². The van der Waals surface area contributed by atoms with Crippen LogP contribution in [0.25, 0.3) is 0 Å². The van der Waals surface area contributed by atoms with Crippen molar-refractivity contribution in [3.63, 3.8) is 0 Å². The van der Waals surface area contributed by atoms with Crippen LogP contribution in [-0.4, -0.2) is 0 Å². The molecule has 0 aliphatic rings. The molecule has 4 N–H and O–H groups in total. The van der Waals surface area contributed by atoms with Crippen molar-refractivity contribution in [2.45, 2.75) is 32.7 Å². The van der Waals surface area contributed by atoms with Crippen molar-refractivity contribution < 1.29 is 0 Å². The summed E-state index contributed by atoms with van der Waals surface area (Å²) in [6, 6.07) is 6.06. The maximum atomic E-state index is 6.02. The van der Waals surface area contributed by atoms with Gasteiger partial charge in [0.1, 0.15) is 0 Å². The van der Waals surface area contributed by atoms with Crippen molar-refractivity contribution in [3.8, 4) is 0 Å². The van der Waals surface area contributed by atoms with E-state index >= 15 is 0 Å². The third kappa shape index (κ3) is 2.46. The average molecular weight is 178 g/mol. The number of rotatable bonds is 3. The second-order valence-electron chi connectivity index (χ2n) is 3.51. The van der Waals surface area contributed by atoms with Crippen LogP contribution in [0.15, 0.2) is 18.2 Å². The minimum atomic E-state index is 0.133. The topological polar surface area (TPSA) is 52.0 Å². The Morgan fingerprint density at radius 3 is 2.69 bits per heavy atom. The van der Waals surface area contributed by atoms with Crippen LogP contribution in [0.5, 0.6) is 0 Å². The second-order valence-corrected chi connectivity index (χ2v) is 3.51. The Bertz CT molecular complexity index is 281. The molecule has 1 aromatic carbocycles. The minimum Gasteiger partial charge on any atom is -0.399 e. The fraction of sp³-hybridized carbons (Fsp3) is 0.455. The van der Waals surface area contributed by atoms with Gasteiger partial charge in [-0.2, -0.15) is 0 Å². The molecule has 1 atom stereocenters. The van der Waals surface area contributed by atoms with Gasteiger partial charge < -0.3 is 11.5 Å². The van der Waals surface area contributed by atoms with Crippen LogP contribution in [0.3, 0.4) is 0 Å². The summed E-state index contributed by atoms with van der Waals surface area (Å²) in [5, 5.41) is 0. The number of aryl methyl sites for hydroxylation is 1. The summed E-state index contributed by atoms with van der Waals surface area (Å²) in [5.41, 5.74) is 14.9. The molecule has 1 unspecified atom stereocenters. The first kappa shape index (κ1) is 10.1. The molecule has 0 spiro atoms. The van der Waals surface area contributed by atoms with E-state index in [0.29, 0.717) is 0 Å². The van der Waals surface area contributed by atoms with Gasteiger partial charge in [0.05, 0.1) is 0 Å². The lowest BCUT2D eigenvalue weighted by Crippen LogP contribution is -2.11. The van der Waals surface area contributed by atoms with Crippen molar-refractivity contribution >= 4 is 5.69 Å². The summed E-state index contributed by atoms with van der Waals surface area (Å²) in [5.74, 6) is 0. The molecule has 0 aliphatic carbocycles. The monoisotopic (exact) mass is 178 g/mol. The van der Waals surface area contributed by atoms with Crippen LogP contribution in [0.1, 0.15) is 36.9 Å². The van der Waals surface area contributed by atoms with Crippen molar-refractivity contribution in [3.05, 3.63) is 29.3 Å². The van der Waals surface area contributed by atoms with E-state index in [0.717, 1.165) is 18.5 Å². The van der Waals surface area contributed by atoms with Crippen molar-refractivity contribution in [1.82, 2.24) is 0 Å².